The van der Waals surface area contributed by atoms with Crippen molar-refractivity contribution in [1.29, 1.82) is 0 Å². The molecule has 1 rings (SSSR count). The number of carboxylic acids is 1. The number of aryl methyl sites for hydroxylation is 1. The molecule has 0 bridgehead atoms. The summed E-state index contributed by atoms with van der Waals surface area (Å²) in [6, 6.07) is 5.17. The fourth-order valence-corrected chi connectivity index (χ4v) is 1.21. The van der Waals surface area contributed by atoms with Gasteiger partial charge in [0.25, 0.3) is 0 Å². The molecule has 0 amide bonds. The highest BCUT2D eigenvalue weighted by atomic mass is 16.5. The molecule has 4 nitrogen and oxygen atoms in total. The van der Waals surface area contributed by atoms with Crippen molar-refractivity contribution in [3.8, 4) is 5.75 Å². The van der Waals surface area contributed by atoms with E-state index in [1.165, 1.54) is 13.0 Å². The maximum Gasteiger partial charge on any atom is 0.328 e. The van der Waals surface area contributed by atoms with Crippen molar-refractivity contribution in [2.75, 3.05) is 0 Å². The average molecular weight is 220 g/mol. The maximum absolute atomic E-state index is 10.8. The number of carbonyl (C=O) groups excluding carboxylic acids is 1. The smallest absolute Gasteiger partial charge is 0.328 e. The van der Waals surface area contributed by atoms with Crippen LogP contribution in [0.15, 0.2) is 24.3 Å². The first kappa shape index (κ1) is 12.0. The minimum absolute atomic E-state index is 0.357. The van der Waals surface area contributed by atoms with Crippen LogP contribution in [-0.2, 0) is 9.59 Å². The van der Waals surface area contributed by atoms with Gasteiger partial charge in [0.05, 0.1) is 0 Å². The van der Waals surface area contributed by atoms with E-state index in [9.17, 15) is 9.59 Å². The Morgan fingerprint density at radius 2 is 2.06 bits per heavy atom. The van der Waals surface area contributed by atoms with Crippen LogP contribution in [-0.4, -0.2) is 17.0 Å². The zero-order valence-electron chi connectivity index (χ0n) is 9.06. The van der Waals surface area contributed by atoms with Crippen LogP contribution in [0.3, 0.4) is 0 Å². The lowest BCUT2D eigenvalue weighted by Gasteiger charge is -2.06. The van der Waals surface area contributed by atoms with Crippen LogP contribution in [0.4, 0.5) is 0 Å². The predicted octanol–water partition coefficient (Wildman–Crippen LogP) is 2.02. The summed E-state index contributed by atoms with van der Waals surface area (Å²) >= 11 is 0. The monoisotopic (exact) mass is 220 g/mol. The molecule has 0 radical (unpaired) electrons. The zero-order chi connectivity index (χ0) is 12.1. The van der Waals surface area contributed by atoms with Gasteiger partial charge in [0.15, 0.2) is 0 Å². The molecule has 0 aliphatic rings. The zero-order valence-corrected chi connectivity index (χ0v) is 9.06. The van der Waals surface area contributed by atoms with Gasteiger partial charge >= 0.3 is 11.9 Å². The largest absolute Gasteiger partial charge is 0.478 e. The van der Waals surface area contributed by atoms with Gasteiger partial charge in [-0.2, -0.15) is 0 Å². The third kappa shape index (κ3) is 3.57. The lowest BCUT2D eigenvalue weighted by atomic mass is 10.1. The van der Waals surface area contributed by atoms with E-state index >= 15 is 0 Å². The first-order valence-corrected chi connectivity index (χ1v) is 4.69. The highest BCUT2D eigenvalue weighted by Gasteiger charge is 2.04. The molecule has 0 unspecified atom stereocenters. The van der Waals surface area contributed by atoms with Gasteiger partial charge in [0.1, 0.15) is 5.75 Å². The fourth-order valence-electron chi connectivity index (χ4n) is 1.21. The van der Waals surface area contributed by atoms with Crippen molar-refractivity contribution in [2.45, 2.75) is 13.8 Å². The van der Waals surface area contributed by atoms with Gasteiger partial charge < -0.3 is 9.84 Å². The molecule has 0 fully saturated rings. The quantitative estimate of drug-likeness (QED) is 0.481. The summed E-state index contributed by atoms with van der Waals surface area (Å²) in [7, 11) is 0. The van der Waals surface area contributed by atoms with Crippen LogP contribution in [0.25, 0.3) is 6.08 Å². The minimum Gasteiger partial charge on any atom is -0.478 e. The maximum atomic E-state index is 10.8. The molecule has 1 aromatic carbocycles. The van der Waals surface area contributed by atoms with Crippen LogP contribution < -0.4 is 4.74 Å². The van der Waals surface area contributed by atoms with Crippen molar-refractivity contribution < 1.29 is 19.4 Å². The number of esters is 1. The summed E-state index contributed by atoms with van der Waals surface area (Å²) < 4.78 is 4.95. The van der Waals surface area contributed by atoms with Crippen molar-refractivity contribution >= 4 is 18.0 Å². The van der Waals surface area contributed by atoms with Crippen LogP contribution in [0, 0.1) is 6.92 Å². The number of hydrogen-bond donors (Lipinski definition) is 1. The molecule has 0 atom stereocenters. The highest BCUT2D eigenvalue weighted by Crippen LogP contribution is 2.21. The van der Waals surface area contributed by atoms with E-state index in [0.717, 1.165) is 11.6 Å². The lowest BCUT2D eigenvalue weighted by Crippen LogP contribution is -2.02. The van der Waals surface area contributed by atoms with E-state index in [-0.39, 0.29) is 0 Å². The van der Waals surface area contributed by atoms with E-state index < -0.39 is 11.9 Å². The lowest BCUT2D eigenvalue weighted by molar-refractivity contribution is -0.132. The predicted molar refractivity (Wildman–Crippen MR) is 59.2 cm³/mol. The Kier molecular flexibility index (Phi) is 3.83. The summed E-state index contributed by atoms with van der Waals surface area (Å²) in [5.74, 6) is -1.13. The van der Waals surface area contributed by atoms with Crippen molar-refractivity contribution in [3.63, 3.8) is 0 Å². The number of ether oxygens (including phenoxy) is 1. The average Bonchev–Trinajstić information content (AvgIpc) is 2.17. The Bertz CT molecular complexity index is 446. The molecule has 0 aliphatic heterocycles. The molecular weight excluding hydrogens is 208 g/mol. The summed E-state index contributed by atoms with van der Waals surface area (Å²) in [6.07, 6.45) is 2.40. The first-order chi connectivity index (χ1) is 7.49. The van der Waals surface area contributed by atoms with Gasteiger partial charge in [0.2, 0.25) is 0 Å². The van der Waals surface area contributed by atoms with Gasteiger partial charge in [-0.1, -0.05) is 11.6 Å². The summed E-state index contributed by atoms with van der Waals surface area (Å²) in [5.41, 5.74) is 1.53. The van der Waals surface area contributed by atoms with E-state index in [1.54, 1.807) is 18.2 Å². The van der Waals surface area contributed by atoms with Crippen LogP contribution in [0.1, 0.15) is 18.1 Å². The fraction of sp³-hybridized carbons (Fsp3) is 0.167. The number of hydrogen-bond acceptors (Lipinski definition) is 3. The van der Waals surface area contributed by atoms with Gasteiger partial charge in [0, 0.05) is 18.6 Å². The molecule has 0 saturated carbocycles. The number of carbonyl (C=O) groups is 2. The van der Waals surface area contributed by atoms with Crippen molar-refractivity contribution in [2.24, 2.45) is 0 Å². The van der Waals surface area contributed by atoms with Gasteiger partial charge in [-0.3, -0.25) is 4.79 Å². The number of carboxylic acid groups (broad SMARTS) is 1. The van der Waals surface area contributed by atoms with Crippen LogP contribution in [0.2, 0.25) is 0 Å². The van der Waals surface area contributed by atoms with Crippen LogP contribution in [0.5, 0.6) is 5.75 Å². The number of benzene rings is 1. The topological polar surface area (TPSA) is 63.6 Å². The molecule has 0 saturated heterocycles. The molecular formula is C12H12O4. The molecule has 16 heavy (non-hydrogen) atoms. The minimum atomic E-state index is -1.05. The SMILES string of the molecule is CC(=O)Oc1ccc(C)cc1/C=C\C(=O)O. The van der Waals surface area contributed by atoms with Crippen molar-refractivity contribution in [1.82, 2.24) is 0 Å². The second kappa shape index (κ2) is 5.11. The van der Waals surface area contributed by atoms with Crippen LogP contribution >= 0.6 is 0 Å². The summed E-state index contributed by atoms with van der Waals surface area (Å²) in [4.78, 5) is 21.2. The van der Waals surface area contributed by atoms with E-state index in [1.807, 2.05) is 6.92 Å². The Labute approximate surface area is 93.2 Å². The van der Waals surface area contributed by atoms with Gasteiger partial charge in [-0.15, -0.1) is 0 Å². The van der Waals surface area contributed by atoms with E-state index in [0.29, 0.717) is 11.3 Å². The molecule has 0 spiro atoms. The van der Waals surface area contributed by atoms with Crippen molar-refractivity contribution in [3.05, 3.63) is 35.4 Å². The Morgan fingerprint density at radius 3 is 2.62 bits per heavy atom. The highest BCUT2D eigenvalue weighted by molar-refractivity contribution is 5.86. The summed E-state index contributed by atoms with van der Waals surface area (Å²) in [6.45, 7) is 3.17. The van der Waals surface area contributed by atoms with E-state index in [4.69, 9.17) is 9.84 Å². The summed E-state index contributed by atoms with van der Waals surface area (Å²) in [5, 5.41) is 8.52. The first-order valence-electron chi connectivity index (χ1n) is 4.69. The molecule has 0 aliphatic carbocycles. The van der Waals surface area contributed by atoms with Gasteiger partial charge in [-0.25, -0.2) is 4.79 Å². The number of aliphatic carboxylic acids is 1. The third-order valence-corrected chi connectivity index (χ3v) is 1.82. The second-order valence-corrected chi connectivity index (χ2v) is 3.31. The Balaban J connectivity index is 3.07. The molecule has 1 N–H and O–H groups in total. The number of rotatable bonds is 3. The standard InChI is InChI=1S/C12H12O4/c1-8-3-5-11(16-9(2)13)10(7-8)4-6-12(14)15/h3-7H,1-2H3,(H,14,15)/b6-4-. The molecule has 0 heterocycles. The molecule has 84 valence electrons. The van der Waals surface area contributed by atoms with Gasteiger partial charge in [-0.05, 0) is 25.1 Å². The molecule has 0 aromatic heterocycles. The third-order valence-electron chi connectivity index (χ3n) is 1.82. The molecule has 4 heteroatoms. The van der Waals surface area contributed by atoms with E-state index in [2.05, 4.69) is 0 Å². The second-order valence-electron chi connectivity index (χ2n) is 3.31. The molecule has 1 aromatic rings. The Morgan fingerprint density at radius 1 is 1.38 bits per heavy atom. The normalized spacial score (nSPS) is 10.4. The Hall–Kier alpha value is -2.10.